The van der Waals surface area contributed by atoms with Crippen LogP contribution in [0, 0.1) is 0 Å². The molecule has 0 aliphatic rings. The predicted molar refractivity (Wildman–Crippen MR) is 101 cm³/mol. The SMILES string of the molecule is CS(=O)(=O)c1nc(C(N)c2ccccn2)c2c(-c3ccccc3)coc2n1. The van der Waals surface area contributed by atoms with Crippen molar-refractivity contribution in [1.29, 1.82) is 0 Å². The van der Waals surface area contributed by atoms with Gasteiger partial charge in [-0.1, -0.05) is 36.4 Å². The quantitative estimate of drug-likeness (QED) is 0.542. The summed E-state index contributed by atoms with van der Waals surface area (Å²) >= 11 is 0. The molecule has 4 rings (SSSR count). The van der Waals surface area contributed by atoms with Crippen molar-refractivity contribution in [3.8, 4) is 11.1 Å². The van der Waals surface area contributed by atoms with Crippen LogP contribution in [0.4, 0.5) is 0 Å². The van der Waals surface area contributed by atoms with Crippen LogP contribution in [0.25, 0.3) is 22.2 Å². The lowest BCUT2D eigenvalue weighted by Gasteiger charge is -2.13. The summed E-state index contributed by atoms with van der Waals surface area (Å²) in [5.41, 5.74) is 9.14. The molecule has 0 radical (unpaired) electrons. The molecule has 7 nitrogen and oxygen atoms in total. The molecular weight excluding hydrogens is 364 g/mol. The maximum Gasteiger partial charge on any atom is 0.250 e. The van der Waals surface area contributed by atoms with Gasteiger partial charge in [-0.05, 0) is 17.7 Å². The summed E-state index contributed by atoms with van der Waals surface area (Å²) in [6, 6.07) is 14.2. The Kier molecular flexibility index (Phi) is 4.21. The standard InChI is InChI=1S/C19H16N4O3S/c1-27(24,25)19-22-17(16(20)14-9-5-6-10-21-14)15-13(11-26-18(15)23-19)12-7-3-2-4-8-12/h2-11,16H,20H2,1H3. The van der Waals surface area contributed by atoms with Gasteiger partial charge in [0, 0.05) is 18.0 Å². The lowest BCUT2D eigenvalue weighted by molar-refractivity contribution is 0.576. The van der Waals surface area contributed by atoms with Crippen LogP contribution in [0.15, 0.2) is 70.6 Å². The van der Waals surface area contributed by atoms with Crippen LogP contribution in [0.2, 0.25) is 0 Å². The molecule has 0 bridgehead atoms. The van der Waals surface area contributed by atoms with Gasteiger partial charge in [-0.3, -0.25) is 4.98 Å². The second-order valence-corrected chi connectivity index (χ2v) is 8.00. The number of aromatic nitrogens is 3. The van der Waals surface area contributed by atoms with Crippen molar-refractivity contribution >= 4 is 20.9 Å². The minimum atomic E-state index is -3.65. The zero-order valence-corrected chi connectivity index (χ0v) is 15.2. The first-order valence-corrected chi connectivity index (χ1v) is 10.1. The third-order valence-corrected chi connectivity index (χ3v) is 5.00. The van der Waals surface area contributed by atoms with Crippen molar-refractivity contribution in [3.63, 3.8) is 0 Å². The molecule has 136 valence electrons. The predicted octanol–water partition coefficient (Wildman–Crippen LogP) is 2.74. The van der Waals surface area contributed by atoms with E-state index < -0.39 is 15.9 Å². The molecule has 8 heteroatoms. The van der Waals surface area contributed by atoms with Crippen LogP contribution in [0.1, 0.15) is 17.4 Å². The summed E-state index contributed by atoms with van der Waals surface area (Å²) < 4.78 is 29.7. The van der Waals surface area contributed by atoms with Crippen molar-refractivity contribution in [2.45, 2.75) is 11.2 Å². The van der Waals surface area contributed by atoms with Gasteiger partial charge < -0.3 is 10.2 Å². The van der Waals surface area contributed by atoms with E-state index in [1.54, 1.807) is 18.3 Å². The summed E-state index contributed by atoms with van der Waals surface area (Å²) in [4.78, 5) is 12.6. The van der Waals surface area contributed by atoms with Crippen molar-refractivity contribution in [2.75, 3.05) is 6.26 Å². The minimum absolute atomic E-state index is 0.172. The van der Waals surface area contributed by atoms with Gasteiger partial charge in [0.2, 0.25) is 20.7 Å². The molecule has 1 aromatic carbocycles. The fourth-order valence-corrected chi connectivity index (χ4v) is 3.38. The number of hydrogen-bond donors (Lipinski definition) is 1. The first kappa shape index (κ1) is 17.3. The Bertz CT molecular complexity index is 1210. The van der Waals surface area contributed by atoms with E-state index in [0.717, 1.165) is 17.4 Å². The highest BCUT2D eigenvalue weighted by atomic mass is 32.2. The molecule has 27 heavy (non-hydrogen) atoms. The number of nitrogens with zero attached hydrogens (tertiary/aromatic N) is 3. The van der Waals surface area contributed by atoms with E-state index in [9.17, 15) is 8.42 Å². The number of rotatable bonds is 4. The highest BCUT2D eigenvalue weighted by Crippen LogP contribution is 2.35. The molecule has 3 aromatic heterocycles. The molecular formula is C19H16N4O3S. The Labute approximate surface area is 155 Å². The molecule has 4 aromatic rings. The maximum atomic E-state index is 12.0. The van der Waals surface area contributed by atoms with Crippen molar-refractivity contribution in [2.24, 2.45) is 5.73 Å². The average Bonchev–Trinajstić information content (AvgIpc) is 3.11. The van der Waals surface area contributed by atoms with Gasteiger partial charge in [-0.2, -0.15) is 4.98 Å². The topological polar surface area (TPSA) is 112 Å². The Balaban J connectivity index is 2.03. The molecule has 2 N–H and O–H groups in total. The fourth-order valence-electron chi connectivity index (χ4n) is 2.87. The van der Waals surface area contributed by atoms with E-state index in [0.29, 0.717) is 16.8 Å². The van der Waals surface area contributed by atoms with Crippen molar-refractivity contribution in [1.82, 2.24) is 15.0 Å². The number of sulfone groups is 1. The molecule has 0 amide bonds. The number of benzene rings is 1. The second kappa shape index (κ2) is 6.57. The number of fused-ring (bicyclic) bond motifs is 1. The van der Waals surface area contributed by atoms with E-state index in [1.165, 1.54) is 6.26 Å². The highest BCUT2D eigenvalue weighted by Gasteiger charge is 2.25. The maximum absolute atomic E-state index is 12.0. The molecule has 0 aliphatic heterocycles. The van der Waals surface area contributed by atoms with Crippen LogP contribution in [0.5, 0.6) is 0 Å². The molecule has 0 fully saturated rings. The second-order valence-electron chi connectivity index (χ2n) is 6.09. The highest BCUT2D eigenvalue weighted by molar-refractivity contribution is 7.90. The Morgan fingerprint density at radius 1 is 1.04 bits per heavy atom. The lowest BCUT2D eigenvalue weighted by atomic mass is 10.0. The number of furan rings is 1. The summed E-state index contributed by atoms with van der Waals surface area (Å²) in [5, 5.41) is 0.247. The van der Waals surface area contributed by atoms with Crippen LogP contribution in [-0.2, 0) is 9.84 Å². The van der Waals surface area contributed by atoms with Gasteiger partial charge in [0.1, 0.15) is 6.26 Å². The zero-order chi connectivity index (χ0) is 19.0. The summed E-state index contributed by atoms with van der Waals surface area (Å²) in [7, 11) is -3.65. The van der Waals surface area contributed by atoms with Crippen LogP contribution in [0.3, 0.4) is 0 Å². The summed E-state index contributed by atoms with van der Waals surface area (Å²) in [6.45, 7) is 0. The molecule has 0 saturated carbocycles. The first-order valence-electron chi connectivity index (χ1n) is 8.16. The molecule has 0 spiro atoms. The molecule has 1 unspecified atom stereocenters. The lowest BCUT2D eigenvalue weighted by Crippen LogP contribution is -2.18. The summed E-state index contributed by atoms with van der Waals surface area (Å²) in [5.74, 6) is 0. The average molecular weight is 380 g/mol. The van der Waals surface area contributed by atoms with E-state index in [4.69, 9.17) is 10.2 Å². The first-order chi connectivity index (χ1) is 12.9. The van der Waals surface area contributed by atoms with Gasteiger partial charge in [-0.25, -0.2) is 13.4 Å². The monoisotopic (exact) mass is 380 g/mol. The van der Waals surface area contributed by atoms with E-state index in [2.05, 4.69) is 15.0 Å². The zero-order valence-electron chi connectivity index (χ0n) is 14.4. The number of nitrogens with two attached hydrogens (primary N) is 1. The Morgan fingerprint density at radius 3 is 2.44 bits per heavy atom. The number of hydrogen-bond acceptors (Lipinski definition) is 7. The van der Waals surface area contributed by atoms with E-state index in [-0.39, 0.29) is 10.9 Å². The molecule has 0 saturated heterocycles. The van der Waals surface area contributed by atoms with Crippen molar-refractivity contribution in [3.05, 3.63) is 72.4 Å². The van der Waals surface area contributed by atoms with E-state index in [1.807, 2.05) is 36.4 Å². The third kappa shape index (κ3) is 3.20. The van der Waals surface area contributed by atoms with Gasteiger partial charge in [0.15, 0.2) is 0 Å². The third-order valence-electron chi connectivity index (χ3n) is 4.16. The summed E-state index contributed by atoms with van der Waals surface area (Å²) in [6.07, 6.45) is 4.21. The molecule has 3 heterocycles. The van der Waals surface area contributed by atoms with Gasteiger partial charge in [-0.15, -0.1) is 0 Å². The van der Waals surface area contributed by atoms with Crippen LogP contribution in [-0.4, -0.2) is 29.6 Å². The Hall–Kier alpha value is -3.10. The van der Waals surface area contributed by atoms with Gasteiger partial charge in [0.05, 0.1) is 22.8 Å². The van der Waals surface area contributed by atoms with Crippen LogP contribution < -0.4 is 5.73 Å². The minimum Gasteiger partial charge on any atom is -0.445 e. The molecule has 1 atom stereocenters. The van der Waals surface area contributed by atoms with Crippen molar-refractivity contribution < 1.29 is 12.8 Å². The van der Waals surface area contributed by atoms with Gasteiger partial charge >= 0.3 is 0 Å². The van der Waals surface area contributed by atoms with Gasteiger partial charge in [0.25, 0.3) is 0 Å². The fraction of sp³-hybridized carbons (Fsp3) is 0.105. The normalized spacial score (nSPS) is 13.0. The Morgan fingerprint density at radius 2 is 1.78 bits per heavy atom. The van der Waals surface area contributed by atoms with Crippen LogP contribution >= 0.6 is 0 Å². The smallest absolute Gasteiger partial charge is 0.250 e. The number of pyridine rings is 1. The molecule has 0 aliphatic carbocycles. The van der Waals surface area contributed by atoms with E-state index >= 15 is 0 Å². The largest absolute Gasteiger partial charge is 0.445 e.